The van der Waals surface area contributed by atoms with Gasteiger partial charge in [-0.3, -0.25) is 14.4 Å². The standard InChI is InChI=1S/C24H24ClNO2.C6H9NO3/c1-24(2,3)15-26-21-12-11-17(25)13-20(21)23(28-14-22(26)27)19-10-6-8-16-7-4-5-9-18(16)19;1-3(8)4-2-6(4,7)5(9)10/h4-13,23H,14-15H2,1-3H3;4H,2,7H2,1H3,(H,9,10)/t;4-,6-/m.1/s1. The van der Waals surface area contributed by atoms with Gasteiger partial charge in [-0.25, -0.2) is 0 Å². The highest BCUT2D eigenvalue weighted by Gasteiger charge is 2.60. The number of rotatable bonds is 4. The van der Waals surface area contributed by atoms with Crippen molar-refractivity contribution in [1.82, 2.24) is 0 Å². The van der Waals surface area contributed by atoms with Gasteiger partial charge in [0, 0.05) is 28.7 Å². The average molecular weight is 537 g/mol. The SMILES string of the molecule is CC(=O)[C@H]1C[C@]1(N)C(=O)O.CC(C)(C)CN1C(=O)COC(c2cccc3ccccc23)c2cc(Cl)ccc21. The summed E-state index contributed by atoms with van der Waals surface area (Å²) in [6, 6.07) is 20.1. The van der Waals surface area contributed by atoms with Crippen molar-refractivity contribution in [3.8, 4) is 0 Å². The minimum Gasteiger partial charge on any atom is -0.480 e. The minimum atomic E-state index is -1.24. The monoisotopic (exact) mass is 536 g/mol. The van der Waals surface area contributed by atoms with Crippen molar-refractivity contribution < 1.29 is 24.2 Å². The molecule has 3 aromatic rings. The summed E-state index contributed by atoms with van der Waals surface area (Å²) in [5.74, 6) is -1.69. The molecule has 0 saturated heterocycles. The Hall–Kier alpha value is -3.26. The predicted octanol–water partition coefficient (Wildman–Crippen LogP) is 5.37. The number of halogens is 1. The molecule has 1 aliphatic heterocycles. The van der Waals surface area contributed by atoms with Gasteiger partial charge in [0.2, 0.25) is 0 Å². The van der Waals surface area contributed by atoms with Crippen molar-refractivity contribution >= 4 is 45.7 Å². The molecule has 5 rings (SSSR count). The summed E-state index contributed by atoms with van der Waals surface area (Å²) in [4.78, 5) is 35.7. The molecule has 1 aliphatic carbocycles. The zero-order valence-electron chi connectivity index (χ0n) is 22.0. The fraction of sp³-hybridized carbons (Fsp3) is 0.367. The van der Waals surface area contributed by atoms with Crippen LogP contribution in [-0.4, -0.2) is 41.5 Å². The molecule has 7 nitrogen and oxygen atoms in total. The number of benzene rings is 3. The first-order valence-corrected chi connectivity index (χ1v) is 12.9. The van der Waals surface area contributed by atoms with Crippen LogP contribution in [0, 0.1) is 11.3 Å². The van der Waals surface area contributed by atoms with E-state index >= 15 is 0 Å². The van der Waals surface area contributed by atoms with E-state index in [1.807, 2.05) is 41.3 Å². The van der Waals surface area contributed by atoms with Crippen molar-refractivity contribution in [2.45, 2.75) is 45.8 Å². The highest BCUT2D eigenvalue weighted by atomic mass is 35.5. The molecule has 0 spiro atoms. The Morgan fingerprint density at radius 3 is 2.39 bits per heavy atom. The second kappa shape index (κ2) is 10.5. The number of carboxylic acids is 1. The van der Waals surface area contributed by atoms with Gasteiger partial charge in [-0.2, -0.15) is 0 Å². The van der Waals surface area contributed by atoms with Crippen molar-refractivity contribution in [2.24, 2.45) is 17.1 Å². The van der Waals surface area contributed by atoms with E-state index in [9.17, 15) is 14.4 Å². The summed E-state index contributed by atoms with van der Waals surface area (Å²) in [5.41, 5.74) is 6.89. The van der Waals surface area contributed by atoms with Crippen LogP contribution in [0.1, 0.15) is 51.3 Å². The van der Waals surface area contributed by atoms with Crippen LogP contribution in [-0.2, 0) is 19.1 Å². The number of aliphatic carboxylic acids is 1. The molecule has 200 valence electrons. The van der Waals surface area contributed by atoms with Gasteiger partial charge in [-0.15, -0.1) is 0 Å². The number of carbonyl (C=O) groups excluding carboxylic acids is 2. The van der Waals surface area contributed by atoms with Crippen LogP contribution in [0.5, 0.6) is 0 Å². The minimum absolute atomic E-state index is 0.0266. The highest BCUT2D eigenvalue weighted by Crippen LogP contribution is 2.42. The number of amides is 1. The zero-order valence-corrected chi connectivity index (χ0v) is 22.8. The lowest BCUT2D eigenvalue weighted by Crippen LogP contribution is -2.39. The van der Waals surface area contributed by atoms with Crippen LogP contribution in [0.25, 0.3) is 10.8 Å². The largest absolute Gasteiger partial charge is 0.480 e. The second-order valence-electron chi connectivity index (χ2n) is 11.2. The van der Waals surface area contributed by atoms with E-state index in [1.54, 1.807) is 0 Å². The Morgan fingerprint density at radius 1 is 1.11 bits per heavy atom. The Labute approximate surface area is 227 Å². The van der Waals surface area contributed by atoms with Crippen LogP contribution in [0.2, 0.25) is 5.02 Å². The number of carbonyl (C=O) groups is 3. The van der Waals surface area contributed by atoms with Gasteiger partial charge in [0.05, 0.1) is 0 Å². The van der Waals surface area contributed by atoms with Gasteiger partial charge in [0.1, 0.15) is 24.0 Å². The van der Waals surface area contributed by atoms with Gasteiger partial charge in [0.15, 0.2) is 0 Å². The molecule has 3 aromatic carbocycles. The van der Waals surface area contributed by atoms with E-state index in [1.165, 1.54) is 6.92 Å². The third-order valence-corrected chi connectivity index (χ3v) is 7.10. The van der Waals surface area contributed by atoms with Crippen molar-refractivity contribution in [3.63, 3.8) is 0 Å². The molecule has 0 radical (unpaired) electrons. The predicted molar refractivity (Wildman–Crippen MR) is 148 cm³/mol. The van der Waals surface area contributed by atoms with Gasteiger partial charge >= 0.3 is 5.97 Å². The lowest BCUT2D eigenvalue weighted by atomic mass is 9.93. The summed E-state index contributed by atoms with van der Waals surface area (Å²) in [5, 5.41) is 11.4. The van der Waals surface area contributed by atoms with Crippen molar-refractivity contribution in [3.05, 3.63) is 76.8 Å². The molecule has 3 N–H and O–H groups in total. The fourth-order valence-corrected chi connectivity index (χ4v) is 5.02. The maximum atomic E-state index is 12.9. The fourth-order valence-electron chi connectivity index (χ4n) is 4.84. The molecule has 0 aromatic heterocycles. The molecule has 1 saturated carbocycles. The molecule has 3 atom stereocenters. The summed E-state index contributed by atoms with van der Waals surface area (Å²) in [6.45, 7) is 8.40. The average Bonchev–Trinajstić information content (AvgIpc) is 3.58. The summed E-state index contributed by atoms with van der Waals surface area (Å²) >= 11 is 6.36. The number of hydrogen-bond acceptors (Lipinski definition) is 5. The highest BCUT2D eigenvalue weighted by molar-refractivity contribution is 6.30. The van der Waals surface area contributed by atoms with Crippen molar-refractivity contribution in [2.75, 3.05) is 18.1 Å². The van der Waals surface area contributed by atoms with Gasteiger partial charge in [-0.1, -0.05) is 74.8 Å². The molecule has 0 bridgehead atoms. The number of nitrogens with two attached hydrogens (primary N) is 1. The summed E-state index contributed by atoms with van der Waals surface area (Å²) < 4.78 is 6.19. The number of nitrogens with zero attached hydrogens (tertiary/aromatic N) is 1. The number of Topliss-reactive ketones (excluding diaryl/α,β-unsaturated/α-hetero) is 1. The van der Waals surface area contributed by atoms with E-state index in [2.05, 4.69) is 45.0 Å². The van der Waals surface area contributed by atoms with Gasteiger partial charge in [-0.05, 0) is 53.3 Å². The number of ether oxygens (including phenoxy) is 1. The molecular weight excluding hydrogens is 504 g/mol. The molecule has 38 heavy (non-hydrogen) atoms. The lowest BCUT2D eigenvalue weighted by Gasteiger charge is -2.30. The number of fused-ring (bicyclic) bond motifs is 2. The van der Waals surface area contributed by atoms with E-state index in [4.69, 9.17) is 27.2 Å². The second-order valence-corrected chi connectivity index (χ2v) is 11.7. The van der Waals surface area contributed by atoms with E-state index in [-0.39, 0.29) is 36.2 Å². The number of carboxylic acid groups (broad SMARTS) is 1. The molecule has 2 aliphatic rings. The molecular formula is C30H33ClN2O5. The smallest absolute Gasteiger partial charge is 0.324 e. The van der Waals surface area contributed by atoms with Gasteiger partial charge in [0.25, 0.3) is 5.91 Å². The number of ketones is 1. The van der Waals surface area contributed by atoms with E-state index < -0.39 is 17.4 Å². The molecule has 1 amide bonds. The normalized spacial score (nSPS) is 22.7. The van der Waals surface area contributed by atoms with Crippen LogP contribution in [0.15, 0.2) is 60.7 Å². The third-order valence-electron chi connectivity index (χ3n) is 6.87. The van der Waals surface area contributed by atoms with Crippen molar-refractivity contribution in [1.29, 1.82) is 0 Å². The Kier molecular flexibility index (Phi) is 7.66. The maximum absolute atomic E-state index is 12.9. The third kappa shape index (κ3) is 5.75. The van der Waals surface area contributed by atoms with Crippen LogP contribution < -0.4 is 10.6 Å². The Morgan fingerprint density at radius 2 is 1.79 bits per heavy atom. The molecule has 8 heteroatoms. The Bertz CT molecular complexity index is 1390. The number of hydrogen-bond donors (Lipinski definition) is 2. The van der Waals surface area contributed by atoms with Crippen LogP contribution in [0.3, 0.4) is 0 Å². The number of anilines is 1. The summed E-state index contributed by atoms with van der Waals surface area (Å²) in [7, 11) is 0. The first-order valence-electron chi connectivity index (χ1n) is 12.5. The van der Waals surface area contributed by atoms with E-state index in [0.29, 0.717) is 11.6 Å². The topological polar surface area (TPSA) is 110 Å². The maximum Gasteiger partial charge on any atom is 0.324 e. The lowest BCUT2D eigenvalue weighted by molar-refractivity contribution is -0.141. The quantitative estimate of drug-likeness (QED) is 0.464. The van der Waals surface area contributed by atoms with Crippen LogP contribution >= 0.6 is 11.6 Å². The molecule has 1 heterocycles. The first-order chi connectivity index (χ1) is 17.8. The van der Waals surface area contributed by atoms with Gasteiger partial charge < -0.3 is 20.5 Å². The molecule has 1 fully saturated rings. The zero-order chi connectivity index (χ0) is 27.8. The van der Waals surface area contributed by atoms with E-state index in [0.717, 1.165) is 27.6 Å². The first kappa shape index (κ1) is 27.8. The summed E-state index contributed by atoms with van der Waals surface area (Å²) in [6.07, 6.45) is -0.0637. The van der Waals surface area contributed by atoms with Crippen LogP contribution in [0.4, 0.5) is 5.69 Å². The molecule has 1 unspecified atom stereocenters. The Balaban J connectivity index is 0.000000283.